The first-order chi connectivity index (χ1) is 11.6. The summed E-state index contributed by atoms with van der Waals surface area (Å²) >= 11 is 0. The van der Waals surface area contributed by atoms with Crippen molar-refractivity contribution >= 4 is 0 Å². The van der Waals surface area contributed by atoms with Crippen LogP contribution in [0.2, 0.25) is 0 Å². The van der Waals surface area contributed by atoms with Crippen LogP contribution >= 0.6 is 0 Å². The fraction of sp³-hybridized carbons (Fsp3) is 1.00. The predicted molar refractivity (Wildman–Crippen MR) is 108 cm³/mol. The van der Waals surface area contributed by atoms with Crippen LogP contribution < -0.4 is 12.4 Å². The molecule has 0 aliphatic rings. The Hall–Kier alpha value is 0.210. The van der Waals surface area contributed by atoms with Crippen molar-refractivity contribution in [3.63, 3.8) is 0 Å². The van der Waals surface area contributed by atoms with E-state index in [4.69, 9.17) is 0 Å². The van der Waals surface area contributed by atoms with Crippen LogP contribution in [-0.2, 0) is 0 Å². The van der Waals surface area contributed by atoms with Gasteiger partial charge in [0, 0.05) is 6.92 Å². The van der Waals surface area contributed by atoms with E-state index in [-0.39, 0.29) is 18.6 Å². The number of hydrogen-bond donors (Lipinski definition) is 1. The van der Waals surface area contributed by atoms with Gasteiger partial charge in [-0.05, 0) is 26.7 Å². The standard InChI is InChI=1S/C22H48NO.ClH/c1-5-8-9-10-11-12-13-14-15-16-17-18-19-20-21-23(6-2,7-3)22(4)24;/h22,24H,5-21H2,1-4H3;1H/q+1;/p-1. The molecular weight excluding hydrogens is 330 g/mol. The fourth-order valence-electron chi connectivity index (χ4n) is 3.88. The van der Waals surface area contributed by atoms with Crippen LogP contribution in [0.1, 0.15) is 118 Å². The first-order valence-electron chi connectivity index (χ1n) is 11.2. The van der Waals surface area contributed by atoms with Gasteiger partial charge >= 0.3 is 0 Å². The lowest BCUT2D eigenvalue weighted by Crippen LogP contribution is -3.00. The molecule has 0 bridgehead atoms. The monoisotopic (exact) mass is 377 g/mol. The second kappa shape index (κ2) is 19.0. The highest BCUT2D eigenvalue weighted by atomic mass is 35.5. The van der Waals surface area contributed by atoms with Crippen molar-refractivity contribution in [1.82, 2.24) is 0 Å². The predicted octanol–water partition coefficient (Wildman–Crippen LogP) is 3.67. The van der Waals surface area contributed by atoms with Crippen LogP contribution in [0.4, 0.5) is 0 Å². The van der Waals surface area contributed by atoms with Gasteiger partial charge in [-0.15, -0.1) is 0 Å². The maximum absolute atomic E-state index is 10.0. The van der Waals surface area contributed by atoms with Crippen molar-refractivity contribution in [3.8, 4) is 0 Å². The maximum atomic E-state index is 10.0. The molecule has 0 heterocycles. The normalized spacial score (nSPS) is 12.8. The first-order valence-corrected chi connectivity index (χ1v) is 11.2. The Morgan fingerprint density at radius 2 is 0.920 bits per heavy atom. The summed E-state index contributed by atoms with van der Waals surface area (Å²) in [5, 5.41) is 10.0. The Kier molecular flexibility index (Phi) is 20.8. The molecule has 154 valence electrons. The summed E-state index contributed by atoms with van der Waals surface area (Å²) in [7, 11) is 0. The lowest BCUT2D eigenvalue weighted by Gasteiger charge is -2.39. The number of quaternary nitrogens is 1. The second-order valence-electron chi connectivity index (χ2n) is 7.80. The molecule has 0 rings (SSSR count). The van der Waals surface area contributed by atoms with Crippen LogP contribution in [0.15, 0.2) is 0 Å². The van der Waals surface area contributed by atoms with E-state index in [0.717, 1.165) is 24.1 Å². The molecule has 0 aliphatic heterocycles. The van der Waals surface area contributed by atoms with E-state index < -0.39 is 0 Å². The average molecular weight is 378 g/mol. The Morgan fingerprint density at radius 3 is 1.20 bits per heavy atom. The molecule has 0 amide bonds. The van der Waals surface area contributed by atoms with E-state index in [0.29, 0.717) is 0 Å². The minimum Gasteiger partial charge on any atom is -1.00 e. The van der Waals surface area contributed by atoms with Crippen LogP contribution in [0.3, 0.4) is 0 Å². The van der Waals surface area contributed by atoms with Gasteiger partial charge in [-0.25, -0.2) is 0 Å². The molecule has 0 saturated heterocycles. The maximum Gasteiger partial charge on any atom is 0.187 e. The number of hydrogen-bond acceptors (Lipinski definition) is 1. The third kappa shape index (κ3) is 14.0. The van der Waals surface area contributed by atoms with Gasteiger partial charge in [0.2, 0.25) is 0 Å². The smallest absolute Gasteiger partial charge is 0.187 e. The number of nitrogens with zero attached hydrogens (tertiary/aromatic N) is 1. The summed E-state index contributed by atoms with van der Waals surface area (Å²) in [6.45, 7) is 11.9. The number of rotatable bonds is 18. The van der Waals surface area contributed by atoms with E-state index in [1.807, 2.05) is 6.92 Å². The Bertz CT molecular complexity index is 254. The van der Waals surface area contributed by atoms with Crippen LogP contribution in [-0.4, -0.2) is 35.5 Å². The van der Waals surface area contributed by atoms with E-state index in [9.17, 15) is 5.11 Å². The molecule has 0 aromatic carbocycles. The number of unbranched alkanes of at least 4 members (excludes halogenated alkanes) is 13. The van der Waals surface area contributed by atoms with Crippen molar-refractivity contribution in [1.29, 1.82) is 0 Å². The molecule has 0 aromatic rings. The molecule has 0 saturated carbocycles. The average Bonchev–Trinajstić information content (AvgIpc) is 2.58. The fourth-order valence-corrected chi connectivity index (χ4v) is 3.88. The molecule has 0 spiro atoms. The second-order valence-corrected chi connectivity index (χ2v) is 7.80. The van der Waals surface area contributed by atoms with Gasteiger partial charge in [0.05, 0.1) is 19.6 Å². The lowest BCUT2D eigenvalue weighted by atomic mass is 10.0. The third-order valence-corrected chi connectivity index (χ3v) is 6.01. The summed E-state index contributed by atoms with van der Waals surface area (Å²) in [5.74, 6) is 0. The van der Waals surface area contributed by atoms with E-state index >= 15 is 0 Å². The molecular formula is C22H48ClNO. The summed E-state index contributed by atoms with van der Waals surface area (Å²) < 4.78 is 0.873. The van der Waals surface area contributed by atoms with E-state index in [1.54, 1.807) is 0 Å². The molecule has 1 N–H and O–H groups in total. The molecule has 2 nitrogen and oxygen atoms in total. The third-order valence-electron chi connectivity index (χ3n) is 6.01. The largest absolute Gasteiger partial charge is 1.00 e. The van der Waals surface area contributed by atoms with Gasteiger partial charge in [-0.3, -0.25) is 4.48 Å². The lowest BCUT2D eigenvalue weighted by molar-refractivity contribution is -0.966. The number of aliphatic hydroxyl groups is 1. The van der Waals surface area contributed by atoms with Crippen LogP contribution in [0.5, 0.6) is 0 Å². The highest BCUT2D eigenvalue weighted by Gasteiger charge is 2.27. The van der Waals surface area contributed by atoms with Crippen molar-refractivity contribution in [2.45, 2.75) is 124 Å². The summed E-state index contributed by atoms with van der Waals surface area (Å²) in [6, 6.07) is 0. The molecule has 0 aromatic heterocycles. The topological polar surface area (TPSA) is 20.2 Å². The highest BCUT2D eigenvalue weighted by molar-refractivity contribution is 4.50. The Morgan fingerprint density at radius 1 is 0.600 bits per heavy atom. The minimum absolute atomic E-state index is 0. The summed E-state index contributed by atoms with van der Waals surface area (Å²) in [5.41, 5.74) is 0. The van der Waals surface area contributed by atoms with Crippen LogP contribution in [0, 0.1) is 0 Å². The first kappa shape index (κ1) is 27.4. The molecule has 0 fully saturated rings. The molecule has 1 atom stereocenters. The Balaban J connectivity index is 0. The number of aliphatic hydroxyl groups excluding tert-OH is 1. The zero-order valence-electron chi connectivity index (χ0n) is 17.9. The van der Waals surface area contributed by atoms with Gasteiger partial charge in [0.15, 0.2) is 6.23 Å². The number of halogens is 1. The summed E-state index contributed by atoms with van der Waals surface area (Å²) in [6.07, 6.45) is 19.5. The minimum atomic E-state index is -0.220. The Labute approximate surface area is 165 Å². The van der Waals surface area contributed by atoms with E-state index in [2.05, 4.69) is 20.8 Å². The van der Waals surface area contributed by atoms with Crippen molar-refractivity contribution in [2.24, 2.45) is 0 Å². The van der Waals surface area contributed by atoms with Gasteiger partial charge < -0.3 is 17.5 Å². The molecule has 3 heteroatoms. The van der Waals surface area contributed by atoms with Gasteiger partial charge in [-0.2, -0.15) is 0 Å². The molecule has 0 radical (unpaired) electrons. The van der Waals surface area contributed by atoms with Crippen molar-refractivity contribution in [2.75, 3.05) is 19.6 Å². The molecule has 25 heavy (non-hydrogen) atoms. The van der Waals surface area contributed by atoms with Gasteiger partial charge in [0.1, 0.15) is 0 Å². The molecule has 0 aliphatic carbocycles. The van der Waals surface area contributed by atoms with Gasteiger partial charge in [-0.1, -0.05) is 84.0 Å². The zero-order valence-corrected chi connectivity index (χ0v) is 18.6. The SMILES string of the molecule is CCCCCCCCCCCCCCCC[N+](CC)(CC)C(C)O.[Cl-]. The van der Waals surface area contributed by atoms with Gasteiger partial charge in [0.25, 0.3) is 0 Å². The van der Waals surface area contributed by atoms with E-state index in [1.165, 1.54) is 89.9 Å². The highest BCUT2D eigenvalue weighted by Crippen LogP contribution is 2.16. The zero-order chi connectivity index (χ0) is 18.1. The van der Waals surface area contributed by atoms with Crippen LogP contribution in [0.25, 0.3) is 0 Å². The van der Waals surface area contributed by atoms with Crippen molar-refractivity contribution < 1.29 is 22.0 Å². The van der Waals surface area contributed by atoms with Crippen molar-refractivity contribution in [3.05, 3.63) is 0 Å². The quantitative estimate of drug-likeness (QED) is 0.219. The summed E-state index contributed by atoms with van der Waals surface area (Å²) in [4.78, 5) is 0. The molecule has 1 unspecified atom stereocenters.